The van der Waals surface area contributed by atoms with Crippen LogP contribution >= 0.6 is 0 Å². The number of nitrogens with one attached hydrogen (secondary N) is 1. The number of likely N-dealkylation sites (tertiary alicyclic amines) is 1. The van der Waals surface area contributed by atoms with Crippen LogP contribution < -0.4 is 14.8 Å². The van der Waals surface area contributed by atoms with Gasteiger partial charge in [0.1, 0.15) is 35.5 Å². The van der Waals surface area contributed by atoms with Crippen molar-refractivity contribution in [3.8, 4) is 11.5 Å². The van der Waals surface area contributed by atoms with Gasteiger partial charge in [-0.3, -0.25) is 4.79 Å². The number of carbonyl (C=O) groups excluding carboxylic acids is 2. The predicted molar refractivity (Wildman–Crippen MR) is 181 cm³/mol. The summed E-state index contributed by atoms with van der Waals surface area (Å²) in [5.74, 6) is -1.13. The first-order valence-electron chi connectivity index (χ1n) is 16.8. The summed E-state index contributed by atoms with van der Waals surface area (Å²) in [6.07, 6.45) is 3.53. The average molecular weight is 733 g/mol. The molecule has 2 fully saturated rings. The fourth-order valence-electron chi connectivity index (χ4n) is 5.58. The van der Waals surface area contributed by atoms with Crippen molar-refractivity contribution in [3.05, 3.63) is 64.5 Å². The molecule has 4 rings (SSSR count). The topological polar surface area (TPSA) is 219 Å². The molecule has 2 heterocycles. The number of aliphatic carboxylic acids is 1. The Bertz CT molecular complexity index is 1580. The molecule has 2 amide bonds. The third-order valence-corrected chi connectivity index (χ3v) is 10.1. The zero-order valence-electron chi connectivity index (χ0n) is 28.3. The summed E-state index contributed by atoms with van der Waals surface area (Å²) in [5, 5.41) is 15.3. The van der Waals surface area contributed by atoms with E-state index in [1.54, 1.807) is 41.3 Å². The Morgan fingerprint density at radius 1 is 0.882 bits per heavy atom. The minimum atomic E-state index is -4.06. The van der Waals surface area contributed by atoms with Crippen LogP contribution in [0.2, 0.25) is 0 Å². The lowest BCUT2D eigenvalue weighted by Gasteiger charge is -2.25. The van der Waals surface area contributed by atoms with E-state index >= 15 is 0 Å². The van der Waals surface area contributed by atoms with Gasteiger partial charge in [0, 0.05) is 37.6 Å². The highest BCUT2D eigenvalue weighted by Crippen LogP contribution is 2.28. The highest BCUT2D eigenvalue weighted by atomic mass is 32.2. The molecule has 2 aliphatic rings. The van der Waals surface area contributed by atoms with E-state index in [1.807, 2.05) is 0 Å². The Morgan fingerprint density at radius 3 is 2.22 bits per heavy atom. The largest absolute Gasteiger partial charge is 0.494 e. The number of hydrogen-bond donors (Lipinski definition) is 2. The maximum atomic E-state index is 13.6. The number of nitrogens with zero attached hydrogens (tertiary/aromatic N) is 5. The van der Waals surface area contributed by atoms with Crippen molar-refractivity contribution >= 4 is 28.0 Å². The van der Waals surface area contributed by atoms with Crippen LogP contribution in [0.1, 0.15) is 44.1 Å². The van der Waals surface area contributed by atoms with E-state index in [-0.39, 0.29) is 37.5 Å². The molecule has 17 nitrogen and oxygen atoms in total. The fraction of sp³-hybridized carbons (Fsp3) is 0.545. The summed E-state index contributed by atoms with van der Waals surface area (Å²) in [6.45, 7) is 3.58. The van der Waals surface area contributed by atoms with Gasteiger partial charge in [-0.15, -0.1) is 0 Å². The number of azide groups is 1. The summed E-state index contributed by atoms with van der Waals surface area (Å²) in [6, 6.07) is 9.96. The summed E-state index contributed by atoms with van der Waals surface area (Å²) in [4.78, 5) is 46.3. The van der Waals surface area contributed by atoms with E-state index in [0.29, 0.717) is 69.4 Å². The van der Waals surface area contributed by atoms with E-state index < -0.39 is 40.1 Å². The quantitative estimate of drug-likeness (QED) is 0.0620. The zero-order chi connectivity index (χ0) is 36.5. The molecule has 0 bridgehead atoms. The molecule has 2 aromatic carbocycles. The highest BCUT2D eigenvalue weighted by Gasteiger charge is 2.40. The Labute approximate surface area is 296 Å². The van der Waals surface area contributed by atoms with Gasteiger partial charge in [0.15, 0.2) is 0 Å². The van der Waals surface area contributed by atoms with Gasteiger partial charge in [-0.05, 0) is 86.0 Å². The number of sulfonamides is 1. The lowest BCUT2D eigenvalue weighted by Crippen LogP contribution is -2.51. The molecule has 2 N–H and O–H groups in total. The molecule has 2 aromatic rings. The van der Waals surface area contributed by atoms with Crippen molar-refractivity contribution in [1.29, 1.82) is 0 Å². The maximum absolute atomic E-state index is 13.6. The van der Waals surface area contributed by atoms with Crippen molar-refractivity contribution in [2.75, 3.05) is 59.3 Å². The summed E-state index contributed by atoms with van der Waals surface area (Å²) in [7, 11) is -4.06. The third-order valence-electron chi connectivity index (χ3n) is 8.22. The second-order valence-corrected chi connectivity index (χ2v) is 13.7. The molecule has 0 spiro atoms. The van der Waals surface area contributed by atoms with E-state index in [2.05, 4.69) is 20.3 Å². The van der Waals surface area contributed by atoms with Crippen LogP contribution in [-0.2, 0) is 40.3 Å². The Morgan fingerprint density at radius 2 is 1.53 bits per heavy atom. The molecule has 0 saturated carbocycles. The number of benzene rings is 2. The third kappa shape index (κ3) is 12.3. The lowest BCUT2D eigenvalue weighted by molar-refractivity contribution is -0.142. The van der Waals surface area contributed by atoms with E-state index in [1.165, 1.54) is 12.1 Å². The number of rotatable bonds is 21. The average Bonchev–Trinajstić information content (AvgIpc) is 3.85. The molecule has 0 aliphatic carbocycles. The molecule has 0 aromatic heterocycles. The van der Waals surface area contributed by atoms with Crippen LogP contribution in [0.5, 0.6) is 11.5 Å². The standard InChI is InChI=1S/C33H44N6O11S/c34-36-37-49-23-22-47-21-20-46-18-3-4-19-48-26-11-13-28(14-12-26)51(44,45)39-17-5-6-30(39)31(40)35-29(32(41)42)24-25-7-9-27(10-8-25)50-33(43)38-15-1-2-16-38/h7-14,29-30H,1-6,15-24H2,(H,35,40)(H,41,42)/t29-,30-/m0/s1. The van der Waals surface area contributed by atoms with Gasteiger partial charge in [0.05, 0.1) is 31.3 Å². The van der Waals surface area contributed by atoms with Gasteiger partial charge in [0.25, 0.3) is 0 Å². The molecule has 18 heteroatoms. The number of ether oxygens (including phenoxy) is 4. The zero-order valence-corrected chi connectivity index (χ0v) is 29.1. The second kappa shape index (κ2) is 20.3. The van der Waals surface area contributed by atoms with Gasteiger partial charge in [0.2, 0.25) is 15.9 Å². The minimum absolute atomic E-state index is 0.00479. The first kappa shape index (κ1) is 39.2. The molecule has 51 heavy (non-hydrogen) atoms. The normalized spacial score (nSPS) is 16.6. The van der Waals surface area contributed by atoms with Crippen LogP contribution in [0.15, 0.2) is 58.7 Å². The number of carboxylic acids is 1. The Hall–Kier alpha value is -4.61. The van der Waals surface area contributed by atoms with E-state index in [4.69, 9.17) is 24.5 Å². The maximum Gasteiger partial charge on any atom is 0.415 e. The molecule has 0 radical (unpaired) electrons. The van der Waals surface area contributed by atoms with Gasteiger partial charge in [-0.2, -0.15) is 4.31 Å². The molecule has 2 atom stereocenters. The van der Waals surface area contributed by atoms with Crippen molar-refractivity contribution in [1.82, 2.24) is 14.5 Å². The van der Waals surface area contributed by atoms with Crippen LogP contribution in [0.4, 0.5) is 4.79 Å². The van der Waals surface area contributed by atoms with Crippen molar-refractivity contribution in [2.45, 2.75) is 61.9 Å². The molecular formula is C33H44N6O11S. The number of hydrogen-bond acceptors (Lipinski definition) is 11. The molecular weight excluding hydrogens is 688 g/mol. The van der Waals surface area contributed by atoms with E-state index in [0.717, 1.165) is 23.6 Å². The Kier molecular flexibility index (Phi) is 15.6. The molecule has 0 unspecified atom stereocenters. The van der Waals surface area contributed by atoms with Crippen molar-refractivity contribution in [2.24, 2.45) is 5.28 Å². The first-order valence-corrected chi connectivity index (χ1v) is 18.3. The lowest BCUT2D eigenvalue weighted by atomic mass is 10.1. The van der Waals surface area contributed by atoms with E-state index in [9.17, 15) is 27.9 Å². The van der Waals surface area contributed by atoms with Crippen LogP contribution in [-0.4, -0.2) is 112 Å². The summed E-state index contributed by atoms with van der Waals surface area (Å²) in [5.41, 5.74) is 8.68. The molecule has 2 saturated heterocycles. The van der Waals surface area contributed by atoms with Crippen LogP contribution in [0.3, 0.4) is 0 Å². The first-order chi connectivity index (χ1) is 24.7. The molecule has 2 aliphatic heterocycles. The number of amides is 2. The van der Waals surface area contributed by atoms with Gasteiger partial charge in [-0.25, -0.2) is 18.0 Å². The Balaban J connectivity index is 1.20. The van der Waals surface area contributed by atoms with Crippen LogP contribution in [0, 0.1) is 0 Å². The SMILES string of the molecule is [N-]=[N+]=NOCCOCCOCCCCOc1ccc(S(=O)(=O)N2CCC[C@H]2C(=O)N[C@@H](Cc2ccc(OC(=O)N3CCCC3)cc2)C(=O)O)cc1. The number of carbonyl (C=O) groups is 3. The highest BCUT2D eigenvalue weighted by molar-refractivity contribution is 7.89. The molecule has 278 valence electrons. The van der Waals surface area contributed by atoms with Crippen molar-refractivity contribution in [3.63, 3.8) is 0 Å². The monoisotopic (exact) mass is 732 g/mol. The summed E-state index contributed by atoms with van der Waals surface area (Å²) < 4.78 is 50.1. The number of carboxylic acid groups (broad SMARTS) is 1. The predicted octanol–water partition coefficient (Wildman–Crippen LogP) is 3.68. The van der Waals surface area contributed by atoms with Crippen LogP contribution in [0.25, 0.3) is 10.4 Å². The van der Waals surface area contributed by atoms with Gasteiger partial charge >= 0.3 is 12.1 Å². The summed E-state index contributed by atoms with van der Waals surface area (Å²) >= 11 is 0. The smallest absolute Gasteiger partial charge is 0.415 e. The second-order valence-electron chi connectivity index (χ2n) is 11.8. The van der Waals surface area contributed by atoms with Crippen molar-refractivity contribution < 1.29 is 51.7 Å². The van der Waals surface area contributed by atoms with Gasteiger partial charge < -0.3 is 39.1 Å². The fourth-order valence-corrected chi connectivity index (χ4v) is 7.23. The minimum Gasteiger partial charge on any atom is -0.494 e. The van der Waals surface area contributed by atoms with Gasteiger partial charge in [-0.1, -0.05) is 12.1 Å². The number of unbranched alkanes of at least 4 members (excludes halogenated alkanes) is 1.